The SMILES string of the molecule is CSC1(CNC2CCN(c3ccncc3)CC2)CCC1. The standard InChI is InChI=1S/C16H25N3S/c1-20-16(7-2-8-16)13-18-14-5-11-19(12-6-14)15-3-9-17-10-4-15/h3-4,9-10,14,18H,2,5-8,11-13H2,1H3. The summed E-state index contributed by atoms with van der Waals surface area (Å²) in [5.41, 5.74) is 1.32. The van der Waals surface area contributed by atoms with Crippen LogP contribution in [0.4, 0.5) is 5.69 Å². The fourth-order valence-corrected chi connectivity index (χ4v) is 4.18. The molecule has 110 valence electrons. The molecular weight excluding hydrogens is 266 g/mol. The van der Waals surface area contributed by atoms with E-state index in [1.54, 1.807) is 0 Å². The van der Waals surface area contributed by atoms with Crippen molar-refractivity contribution in [3.8, 4) is 0 Å². The van der Waals surface area contributed by atoms with Gasteiger partial charge in [-0.3, -0.25) is 4.98 Å². The van der Waals surface area contributed by atoms with Gasteiger partial charge in [0.05, 0.1) is 0 Å². The Morgan fingerprint density at radius 2 is 2.00 bits per heavy atom. The predicted octanol–water partition coefficient (Wildman–Crippen LogP) is 2.93. The van der Waals surface area contributed by atoms with Crippen molar-refractivity contribution < 1.29 is 0 Å². The number of pyridine rings is 1. The number of thioether (sulfide) groups is 1. The molecule has 1 saturated heterocycles. The Morgan fingerprint density at radius 3 is 2.55 bits per heavy atom. The highest BCUT2D eigenvalue weighted by Crippen LogP contribution is 2.42. The topological polar surface area (TPSA) is 28.2 Å². The first kappa shape index (κ1) is 14.2. The maximum absolute atomic E-state index is 4.10. The maximum Gasteiger partial charge on any atom is 0.0397 e. The number of rotatable bonds is 5. The molecule has 1 aliphatic carbocycles. The number of piperidine rings is 1. The normalized spacial score (nSPS) is 22.6. The molecule has 0 amide bonds. The van der Waals surface area contributed by atoms with Gasteiger partial charge < -0.3 is 10.2 Å². The van der Waals surface area contributed by atoms with E-state index in [0.717, 1.165) is 13.1 Å². The summed E-state index contributed by atoms with van der Waals surface area (Å²) in [6.45, 7) is 3.52. The second kappa shape index (κ2) is 6.35. The van der Waals surface area contributed by atoms with Gasteiger partial charge in [-0.25, -0.2) is 0 Å². The number of nitrogens with one attached hydrogen (secondary N) is 1. The van der Waals surface area contributed by atoms with Crippen molar-refractivity contribution in [3.63, 3.8) is 0 Å². The minimum Gasteiger partial charge on any atom is -0.371 e. The zero-order chi connectivity index (χ0) is 13.8. The van der Waals surface area contributed by atoms with Gasteiger partial charge in [0.25, 0.3) is 0 Å². The Hall–Kier alpha value is -0.740. The van der Waals surface area contributed by atoms with Crippen LogP contribution in [0.15, 0.2) is 24.5 Å². The molecule has 0 spiro atoms. The highest BCUT2D eigenvalue weighted by molar-refractivity contribution is 8.00. The summed E-state index contributed by atoms with van der Waals surface area (Å²) in [7, 11) is 0. The van der Waals surface area contributed by atoms with Crippen LogP contribution >= 0.6 is 11.8 Å². The van der Waals surface area contributed by atoms with Gasteiger partial charge in [-0.1, -0.05) is 6.42 Å². The molecule has 2 fully saturated rings. The Morgan fingerprint density at radius 1 is 1.30 bits per heavy atom. The Bertz CT molecular complexity index is 405. The molecule has 20 heavy (non-hydrogen) atoms. The van der Waals surface area contributed by atoms with Gasteiger partial charge in [-0.2, -0.15) is 11.8 Å². The zero-order valence-corrected chi connectivity index (χ0v) is 13.2. The molecule has 0 unspecified atom stereocenters. The van der Waals surface area contributed by atoms with Crippen LogP contribution in [0.25, 0.3) is 0 Å². The third-order valence-corrected chi connectivity index (χ3v) is 6.35. The molecule has 0 bridgehead atoms. The van der Waals surface area contributed by atoms with Gasteiger partial charge in [-0.15, -0.1) is 0 Å². The predicted molar refractivity (Wildman–Crippen MR) is 87.6 cm³/mol. The minimum atomic E-state index is 0.558. The van der Waals surface area contributed by atoms with E-state index < -0.39 is 0 Å². The number of hydrogen-bond acceptors (Lipinski definition) is 4. The highest BCUT2D eigenvalue weighted by Gasteiger charge is 2.36. The van der Waals surface area contributed by atoms with Crippen LogP contribution in [-0.4, -0.2) is 41.7 Å². The van der Waals surface area contributed by atoms with Crippen LogP contribution < -0.4 is 10.2 Å². The lowest BCUT2D eigenvalue weighted by atomic mass is 9.84. The molecule has 3 nitrogen and oxygen atoms in total. The van der Waals surface area contributed by atoms with Gasteiger partial charge in [0.2, 0.25) is 0 Å². The van der Waals surface area contributed by atoms with Crippen molar-refractivity contribution in [2.45, 2.75) is 42.9 Å². The van der Waals surface area contributed by atoms with Gasteiger partial charge in [0, 0.05) is 48.5 Å². The zero-order valence-electron chi connectivity index (χ0n) is 12.3. The molecule has 4 heteroatoms. The van der Waals surface area contributed by atoms with E-state index in [2.05, 4.69) is 45.4 Å². The number of nitrogens with zero attached hydrogens (tertiary/aromatic N) is 2. The molecule has 1 aromatic heterocycles. The second-order valence-electron chi connectivity index (χ2n) is 6.09. The van der Waals surface area contributed by atoms with Gasteiger partial charge in [0.1, 0.15) is 0 Å². The molecule has 0 atom stereocenters. The molecule has 2 heterocycles. The smallest absolute Gasteiger partial charge is 0.0397 e. The Balaban J connectivity index is 1.44. The van der Waals surface area contributed by atoms with Crippen molar-refractivity contribution in [1.29, 1.82) is 0 Å². The number of anilines is 1. The fraction of sp³-hybridized carbons (Fsp3) is 0.688. The van der Waals surface area contributed by atoms with E-state index in [1.807, 2.05) is 12.4 Å². The summed E-state index contributed by atoms with van der Waals surface area (Å²) in [5, 5.41) is 3.83. The van der Waals surface area contributed by atoms with E-state index in [0.29, 0.717) is 10.8 Å². The van der Waals surface area contributed by atoms with Gasteiger partial charge in [-0.05, 0) is 44.1 Å². The van der Waals surface area contributed by atoms with E-state index >= 15 is 0 Å². The molecule has 1 aromatic rings. The van der Waals surface area contributed by atoms with Crippen LogP contribution in [0.2, 0.25) is 0 Å². The summed E-state index contributed by atoms with van der Waals surface area (Å²) in [5.74, 6) is 0. The number of aromatic nitrogens is 1. The third kappa shape index (κ3) is 3.12. The Kier molecular flexibility index (Phi) is 4.51. The van der Waals surface area contributed by atoms with Crippen molar-refractivity contribution in [1.82, 2.24) is 10.3 Å². The third-order valence-electron chi connectivity index (χ3n) is 4.93. The maximum atomic E-state index is 4.10. The summed E-state index contributed by atoms with van der Waals surface area (Å²) in [6, 6.07) is 4.94. The van der Waals surface area contributed by atoms with Crippen LogP contribution in [0.1, 0.15) is 32.1 Å². The molecule has 1 N–H and O–H groups in total. The summed E-state index contributed by atoms with van der Waals surface area (Å²) >= 11 is 2.07. The van der Waals surface area contributed by atoms with Crippen molar-refractivity contribution in [3.05, 3.63) is 24.5 Å². The molecule has 1 saturated carbocycles. The van der Waals surface area contributed by atoms with Crippen LogP contribution in [-0.2, 0) is 0 Å². The lowest BCUT2D eigenvalue weighted by Gasteiger charge is -2.42. The van der Waals surface area contributed by atoms with Crippen LogP contribution in [0.3, 0.4) is 0 Å². The van der Waals surface area contributed by atoms with Crippen molar-refractivity contribution in [2.75, 3.05) is 30.8 Å². The van der Waals surface area contributed by atoms with E-state index in [-0.39, 0.29) is 0 Å². The van der Waals surface area contributed by atoms with Gasteiger partial charge >= 0.3 is 0 Å². The monoisotopic (exact) mass is 291 g/mol. The highest BCUT2D eigenvalue weighted by atomic mass is 32.2. The summed E-state index contributed by atoms with van der Waals surface area (Å²) in [4.78, 5) is 6.58. The molecule has 3 rings (SSSR count). The first-order valence-electron chi connectivity index (χ1n) is 7.75. The largest absolute Gasteiger partial charge is 0.371 e. The lowest BCUT2D eigenvalue weighted by Crippen LogP contribution is -2.49. The van der Waals surface area contributed by atoms with E-state index in [1.165, 1.54) is 44.3 Å². The van der Waals surface area contributed by atoms with E-state index in [4.69, 9.17) is 0 Å². The fourth-order valence-electron chi connectivity index (χ4n) is 3.25. The molecule has 0 aromatic carbocycles. The van der Waals surface area contributed by atoms with Crippen LogP contribution in [0, 0.1) is 0 Å². The van der Waals surface area contributed by atoms with Crippen molar-refractivity contribution >= 4 is 17.4 Å². The first-order valence-corrected chi connectivity index (χ1v) is 8.97. The Labute approximate surface area is 126 Å². The summed E-state index contributed by atoms with van der Waals surface area (Å²) < 4.78 is 0.558. The number of hydrogen-bond donors (Lipinski definition) is 1. The quantitative estimate of drug-likeness (QED) is 0.903. The molecule has 0 radical (unpaired) electrons. The minimum absolute atomic E-state index is 0.558. The average molecular weight is 291 g/mol. The first-order chi connectivity index (χ1) is 9.81. The summed E-state index contributed by atoms with van der Waals surface area (Å²) in [6.07, 6.45) is 12.8. The van der Waals surface area contributed by atoms with E-state index in [9.17, 15) is 0 Å². The molecule has 2 aliphatic rings. The molecular formula is C16H25N3S. The van der Waals surface area contributed by atoms with Crippen LogP contribution in [0.5, 0.6) is 0 Å². The lowest BCUT2D eigenvalue weighted by molar-refractivity contribution is 0.313. The van der Waals surface area contributed by atoms with Crippen molar-refractivity contribution in [2.24, 2.45) is 0 Å². The second-order valence-corrected chi connectivity index (χ2v) is 7.36. The van der Waals surface area contributed by atoms with Gasteiger partial charge in [0.15, 0.2) is 0 Å². The molecule has 1 aliphatic heterocycles. The average Bonchev–Trinajstić information content (AvgIpc) is 2.48.